The maximum absolute atomic E-state index is 12.5. The first-order chi connectivity index (χ1) is 15.2. The predicted octanol–water partition coefficient (Wildman–Crippen LogP) is -0.460. The first kappa shape index (κ1) is 26.1. The van der Waals surface area contributed by atoms with Crippen LogP contribution in [0.1, 0.15) is 17.5 Å². The van der Waals surface area contributed by atoms with Gasteiger partial charge in [0.1, 0.15) is 11.5 Å². The van der Waals surface area contributed by atoms with Gasteiger partial charge in [0, 0.05) is 11.8 Å². The highest BCUT2D eigenvalue weighted by molar-refractivity contribution is 7.10. The third-order valence-corrected chi connectivity index (χ3v) is 6.11. The third kappa shape index (κ3) is 5.81. The SMILES string of the molecule is COc1ccc(-c2cnsc2-c2cc(C)c(C)c(OC)c2)cc1NC(=O)[C@@H]([NH3+])CC(N)=O.[Cl-]. The van der Waals surface area contributed by atoms with Crippen LogP contribution in [0.15, 0.2) is 36.5 Å². The number of quaternary nitrogens is 1. The second-order valence-corrected chi connectivity index (χ2v) is 8.26. The van der Waals surface area contributed by atoms with E-state index in [9.17, 15) is 9.59 Å². The summed E-state index contributed by atoms with van der Waals surface area (Å²) >= 11 is 1.39. The van der Waals surface area contributed by atoms with Crippen LogP contribution in [-0.2, 0) is 9.59 Å². The zero-order valence-electron chi connectivity index (χ0n) is 18.9. The summed E-state index contributed by atoms with van der Waals surface area (Å²) in [5, 5.41) is 2.79. The summed E-state index contributed by atoms with van der Waals surface area (Å²) in [5.41, 5.74) is 14.4. The van der Waals surface area contributed by atoms with E-state index in [2.05, 4.69) is 21.5 Å². The molecular weight excluding hydrogens is 464 g/mol. The fourth-order valence-corrected chi connectivity index (χ4v) is 4.12. The monoisotopic (exact) mass is 490 g/mol. The number of aryl methyl sites for hydroxylation is 1. The maximum Gasteiger partial charge on any atom is 0.283 e. The Hall–Kier alpha value is -3.14. The number of anilines is 1. The molecule has 176 valence electrons. The molecule has 0 fully saturated rings. The van der Waals surface area contributed by atoms with Gasteiger partial charge in [-0.15, -0.1) is 0 Å². The van der Waals surface area contributed by atoms with Crippen LogP contribution in [0, 0.1) is 13.8 Å². The summed E-state index contributed by atoms with van der Waals surface area (Å²) in [7, 11) is 3.18. The van der Waals surface area contributed by atoms with Crippen molar-refractivity contribution in [3.63, 3.8) is 0 Å². The average Bonchev–Trinajstić information content (AvgIpc) is 3.25. The summed E-state index contributed by atoms with van der Waals surface area (Å²) in [6, 6.07) is 8.81. The quantitative estimate of drug-likeness (QED) is 0.393. The molecule has 3 aromatic rings. The molecule has 0 radical (unpaired) electrons. The maximum atomic E-state index is 12.5. The van der Waals surface area contributed by atoms with Crippen molar-refractivity contribution in [2.75, 3.05) is 19.5 Å². The minimum absolute atomic E-state index is 0. The van der Waals surface area contributed by atoms with E-state index in [1.807, 2.05) is 32.0 Å². The van der Waals surface area contributed by atoms with Crippen molar-refractivity contribution in [1.82, 2.24) is 4.37 Å². The molecule has 1 atom stereocenters. The molecule has 8 nitrogen and oxygen atoms in total. The van der Waals surface area contributed by atoms with Crippen molar-refractivity contribution < 1.29 is 37.2 Å². The van der Waals surface area contributed by atoms with Gasteiger partial charge in [0.25, 0.3) is 5.91 Å². The van der Waals surface area contributed by atoms with Gasteiger partial charge in [-0.05, 0) is 65.8 Å². The molecule has 0 bridgehead atoms. The van der Waals surface area contributed by atoms with Crippen molar-refractivity contribution in [2.24, 2.45) is 5.73 Å². The van der Waals surface area contributed by atoms with Gasteiger partial charge in [-0.2, -0.15) is 4.37 Å². The van der Waals surface area contributed by atoms with Gasteiger partial charge < -0.3 is 38.7 Å². The van der Waals surface area contributed by atoms with Crippen LogP contribution in [0.4, 0.5) is 5.69 Å². The van der Waals surface area contributed by atoms with Crippen LogP contribution in [0.25, 0.3) is 21.6 Å². The summed E-state index contributed by atoms with van der Waals surface area (Å²) in [4.78, 5) is 24.6. The van der Waals surface area contributed by atoms with Gasteiger partial charge in [-0.25, -0.2) is 0 Å². The van der Waals surface area contributed by atoms with Crippen LogP contribution in [-0.4, -0.2) is 36.4 Å². The highest BCUT2D eigenvalue weighted by Gasteiger charge is 2.22. The Kier molecular flexibility index (Phi) is 8.81. The standard InChI is InChI=1S/C23H26N4O4S.ClH/c1-12-7-15(9-20(31-4)13(12)2)22-16(11-26-32-22)14-5-6-19(30-3)18(8-14)27-23(29)17(24)10-21(25)28;/h5-9,11,17H,10,24H2,1-4H3,(H2,25,28)(H,27,29);1H/t17-;/m0./s1. The average molecular weight is 491 g/mol. The number of rotatable bonds is 8. The number of aromatic nitrogens is 1. The molecule has 0 unspecified atom stereocenters. The van der Waals surface area contributed by atoms with Crippen LogP contribution >= 0.6 is 11.5 Å². The highest BCUT2D eigenvalue weighted by atomic mass is 35.5. The van der Waals surface area contributed by atoms with E-state index in [1.165, 1.54) is 18.6 Å². The molecule has 1 aromatic heterocycles. The number of carbonyl (C=O) groups is 2. The van der Waals surface area contributed by atoms with Gasteiger partial charge in [0.15, 0.2) is 6.04 Å². The van der Waals surface area contributed by atoms with Gasteiger partial charge in [0.05, 0.1) is 31.2 Å². The number of hydrogen-bond acceptors (Lipinski definition) is 6. The highest BCUT2D eigenvalue weighted by Crippen LogP contribution is 2.40. The van der Waals surface area contributed by atoms with Crippen molar-refractivity contribution >= 4 is 29.0 Å². The Morgan fingerprint density at radius 2 is 1.82 bits per heavy atom. The molecule has 33 heavy (non-hydrogen) atoms. The molecule has 0 aliphatic heterocycles. The van der Waals surface area contributed by atoms with E-state index in [0.717, 1.165) is 38.4 Å². The Morgan fingerprint density at radius 1 is 1.12 bits per heavy atom. The Morgan fingerprint density at radius 3 is 2.45 bits per heavy atom. The lowest BCUT2D eigenvalue weighted by Gasteiger charge is -2.14. The summed E-state index contributed by atoms with van der Waals surface area (Å²) in [5.74, 6) is 0.310. The molecule has 3 rings (SSSR count). The topological polar surface area (TPSA) is 131 Å². The number of halogens is 1. The molecular formula is C23H27ClN4O4S. The van der Waals surface area contributed by atoms with Gasteiger partial charge in [-0.3, -0.25) is 9.59 Å². The van der Waals surface area contributed by atoms with Crippen LogP contribution in [0.5, 0.6) is 11.5 Å². The third-order valence-electron chi connectivity index (χ3n) is 5.26. The fraction of sp³-hybridized carbons (Fsp3) is 0.261. The van der Waals surface area contributed by atoms with Crippen molar-refractivity contribution in [3.8, 4) is 33.1 Å². The van der Waals surface area contributed by atoms with E-state index in [-0.39, 0.29) is 18.8 Å². The zero-order chi connectivity index (χ0) is 23.4. The minimum Gasteiger partial charge on any atom is -1.00 e. The predicted molar refractivity (Wildman–Crippen MR) is 125 cm³/mol. The van der Waals surface area contributed by atoms with Gasteiger partial charge >= 0.3 is 0 Å². The van der Waals surface area contributed by atoms with E-state index in [4.69, 9.17) is 15.2 Å². The van der Waals surface area contributed by atoms with Crippen molar-refractivity contribution in [2.45, 2.75) is 26.3 Å². The fourth-order valence-electron chi connectivity index (χ4n) is 3.37. The second-order valence-electron chi connectivity index (χ2n) is 7.46. The van der Waals surface area contributed by atoms with E-state index in [0.29, 0.717) is 11.4 Å². The number of benzene rings is 2. The number of ether oxygens (including phenoxy) is 2. The minimum atomic E-state index is -0.803. The van der Waals surface area contributed by atoms with Gasteiger partial charge in [0.2, 0.25) is 5.91 Å². The molecule has 0 spiro atoms. The molecule has 2 aromatic carbocycles. The van der Waals surface area contributed by atoms with Crippen molar-refractivity contribution in [3.05, 3.63) is 47.7 Å². The van der Waals surface area contributed by atoms with E-state index in [1.54, 1.807) is 19.4 Å². The lowest BCUT2D eigenvalue weighted by atomic mass is 9.99. The number of nitrogens with one attached hydrogen (secondary N) is 1. The molecule has 1 heterocycles. The lowest BCUT2D eigenvalue weighted by molar-refractivity contribution is -0.401. The summed E-state index contributed by atoms with van der Waals surface area (Å²) < 4.78 is 15.3. The number of carbonyl (C=O) groups excluding carboxylic acids is 2. The van der Waals surface area contributed by atoms with E-state index >= 15 is 0 Å². The second kappa shape index (κ2) is 11.1. The number of nitrogens with zero attached hydrogens (tertiary/aromatic N) is 1. The normalized spacial score (nSPS) is 11.3. The van der Waals surface area contributed by atoms with E-state index < -0.39 is 17.9 Å². The smallest absolute Gasteiger partial charge is 0.283 e. The molecule has 0 aliphatic carbocycles. The largest absolute Gasteiger partial charge is 1.00 e. The first-order valence-corrected chi connectivity index (χ1v) is 10.7. The van der Waals surface area contributed by atoms with Gasteiger partial charge in [-0.1, -0.05) is 12.1 Å². The zero-order valence-corrected chi connectivity index (χ0v) is 20.5. The number of primary amides is 1. The summed E-state index contributed by atoms with van der Waals surface area (Å²) in [6.45, 7) is 4.07. The number of methoxy groups -OCH3 is 2. The number of amides is 2. The van der Waals surface area contributed by atoms with Crippen molar-refractivity contribution in [1.29, 1.82) is 0 Å². The molecule has 0 saturated heterocycles. The Bertz CT molecular complexity index is 1170. The first-order valence-electron chi connectivity index (χ1n) is 9.96. The van der Waals surface area contributed by atoms with Crippen LogP contribution < -0.4 is 38.7 Å². The molecule has 2 amide bonds. The van der Waals surface area contributed by atoms with Crippen LogP contribution in [0.3, 0.4) is 0 Å². The number of hydrogen-bond donors (Lipinski definition) is 3. The Balaban J connectivity index is 0.00000385. The lowest BCUT2D eigenvalue weighted by Crippen LogP contribution is -3.00. The summed E-state index contributed by atoms with van der Waals surface area (Å²) in [6.07, 6.45) is 1.66. The molecule has 10 heteroatoms. The van der Waals surface area contributed by atoms with Crippen LogP contribution in [0.2, 0.25) is 0 Å². The Labute approximate surface area is 202 Å². The molecule has 6 N–H and O–H groups in total. The molecule has 0 saturated carbocycles. The number of nitrogens with two attached hydrogens (primary N) is 1. The molecule has 0 aliphatic rings.